The minimum absolute atomic E-state index is 0.0605. The Labute approximate surface area is 111 Å². The fourth-order valence-corrected chi connectivity index (χ4v) is 2.12. The third-order valence-corrected chi connectivity index (χ3v) is 3.42. The van der Waals surface area contributed by atoms with Gasteiger partial charge in [0.05, 0.1) is 4.92 Å². The molecule has 1 saturated carbocycles. The largest absolute Gasteiger partial charge is 0.383 e. The van der Waals surface area contributed by atoms with Gasteiger partial charge >= 0.3 is 5.69 Å². The minimum atomic E-state index is -0.525. The van der Waals surface area contributed by atoms with Gasteiger partial charge in [0.2, 0.25) is 0 Å². The van der Waals surface area contributed by atoms with Gasteiger partial charge in [0.15, 0.2) is 0 Å². The van der Waals surface area contributed by atoms with Crippen LogP contribution in [0.2, 0.25) is 0 Å². The molecule has 0 aromatic heterocycles. The van der Waals surface area contributed by atoms with Crippen molar-refractivity contribution in [2.24, 2.45) is 5.92 Å². The molecule has 1 fully saturated rings. The van der Waals surface area contributed by atoms with Gasteiger partial charge in [-0.05, 0) is 37.8 Å². The Bertz CT molecular complexity index is 512. The molecule has 1 aliphatic rings. The molecule has 6 heteroatoms. The first kappa shape index (κ1) is 13.3. The summed E-state index contributed by atoms with van der Waals surface area (Å²) in [6.07, 6.45) is 2.22. The molecule has 0 radical (unpaired) electrons. The van der Waals surface area contributed by atoms with Crippen LogP contribution < -0.4 is 10.6 Å². The number of nitro groups is 1. The molecule has 2 N–H and O–H groups in total. The molecule has 1 amide bonds. The summed E-state index contributed by atoms with van der Waals surface area (Å²) in [4.78, 5) is 22.7. The smallest absolute Gasteiger partial charge is 0.305 e. The molecule has 1 aromatic carbocycles. The van der Waals surface area contributed by atoms with Crippen LogP contribution in [0.1, 0.15) is 30.1 Å². The third kappa shape index (κ3) is 2.83. The molecule has 2 rings (SSSR count). The minimum Gasteiger partial charge on any atom is -0.383 e. The van der Waals surface area contributed by atoms with Crippen LogP contribution in [0.15, 0.2) is 18.2 Å². The van der Waals surface area contributed by atoms with Crippen molar-refractivity contribution in [1.82, 2.24) is 5.32 Å². The van der Waals surface area contributed by atoms with E-state index in [4.69, 9.17) is 0 Å². The summed E-state index contributed by atoms with van der Waals surface area (Å²) in [5, 5.41) is 16.7. The van der Waals surface area contributed by atoms with E-state index < -0.39 is 4.92 Å². The summed E-state index contributed by atoms with van der Waals surface area (Å²) in [6.45, 7) is 1.93. The number of anilines is 1. The zero-order valence-electron chi connectivity index (χ0n) is 11.0. The van der Waals surface area contributed by atoms with Gasteiger partial charge in [-0.15, -0.1) is 0 Å². The van der Waals surface area contributed by atoms with Crippen LogP contribution in [0.5, 0.6) is 0 Å². The summed E-state index contributed by atoms with van der Waals surface area (Å²) < 4.78 is 0. The van der Waals surface area contributed by atoms with Gasteiger partial charge in [-0.2, -0.15) is 0 Å². The molecule has 0 saturated heterocycles. The van der Waals surface area contributed by atoms with Gasteiger partial charge in [-0.1, -0.05) is 6.07 Å². The van der Waals surface area contributed by atoms with Gasteiger partial charge in [-0.25, -0.2) is 0 Å². The standard InChI is InChI=1S/C13H17N3O3/c1-8(9-6-7-9)15-13(17)10-4-3-5-11(14-2)12(10)16(18)19/h3-5,8-9,14H,6-7H2,1-2H3,(H,15,17). The number of nitrogens with zero attached hydrogens (tertiary/aromatic N) is 1. The first-order chi connectivity index (χ1) is 9.04. The van der Waals surface area contributed by atoms with Gasteiger partial charge in [-0.3, -0.25) is 14.9 Å². The fourth-order valence-electron chi connectivity index (χ4n) is 2.12. The molecule has 19 heavy (non-hydrogen) atoms. The van der Waals surface area contributed by atoms with Crippen molar-refractivity contribution in [3.8, 4) is 0 Å². The maximum Gasteiger partial charge on any atom is 0.305 e. The summed E-state index contributed by atoms with van der Waals surface area (Å²) in [5.41, 5.74) is 0.270. The number of carbonyl (C=O) groups excluding carboxylic acids is 1. The van der Waals surface area contributed by atoms with Gasteiger partial charge in [0.25, 0.3) is 5.91 Å². The van der Waals surface area contributed by atoms with E-state index in [2.05, 4.69) is 10.6 Å². The molecule has 1 unspecified atom stereocenters. The monoisotopic (exact) mass is 263 g/mol. The van der Waals surface area contributed by atoms with Gasteiger partial charge in [0, 0.05) is 13.1 Å². The number of benzene rings is 1. The highest BCUT2D eigenvalue weighted by Gasteiger charge is 2.31. The van der Waals surface area contributed by atoms with E-state index in [1.54, 1.807) is 19.2 Å². The highest BCUT2D eigenvalue weighted by atomic mass is 16.6. The SMILES string of the molecule is CNc1cccc(C(=O)NC(C)C2CC2)c1[N+](=O)[O-]. The lowest BCUT2D eigenvalue weighted by molar-refractivity contribution is -0.384. The number of amides is 1. The maximum atomic E-state index is 12.1. The van der Waals surface area contributed by atoms with E-state index in [1.807, 2.05) is 6.92 Å². The Morgan fingerprint density at radius 3 is 2.68 bits per heavy atom. The molecule has 1 atom stereocenters. The summed E-state index contributed by atoms with van der Waals surface area (Å²) in [5.74, 6) is 0.124. The molecule has 1 aliphatic carbocycles. The molecular weight excluding hydrogens is 246 g/mol. The average molecular weight is 263 g/mol. The molecule has 6 nitrogen and oxygen atoms in total. The zero-order chi connectivity index (χ0) is 14.0. The molecule has 1 aromatic rings. The Balaban J connectivity index is 2.27. The lowest BCUT2D eigenvalue weighted by Gasteiger charge is -2.13. The Hall–Kier alpha value is -2.11. The highest BCUT2D eigenvalue weighted by Crippen LogP contribution is 2.33. The molecule has 0 spiro atoms. The zero-order valence-corrected chi connectivity index (χ0v) is 11.0. The second kappa shape index (κ2) is 5.26. The lowest BCUT2D eigenvalue weighted by atomic mass is 10.1. The summed E-state index contributed by atoms with van der Waals surface area (Å²) in [6, 6.07) is 4.76. The van der Waals surface area contributed by atoms with Crippen LogP contribution in [0.4, 0.5) is 11.4 Å². The second-order valence-corrected chi connectivity index (χ2v) is 4.81. The summed E-state index contributed by atoms with van der Waals surface area (Å²) in [7, 11) is 1.59. The van der Waals surface area contributed by atoms with Crippen LogP contribution in [-0.4, -0.2) is 23.9 Å². The molecular formula is C13H17N3O3. The number of para-hydroxylation sites is 1. The Kier molecular flexibility index (Phi) is 3.69. The van der Waals surface area contributed by atoms with Crippen molar-refractivity contribution in [3.63, 3.8) is 0 Å². The predicted octanol–water partition coefficient (Wildman–Crippen LogP) is 2.16. The van der Waals surface area contributed by atoms with E-state index in [1.165, 1.54) is 6.07 Å². The third-order valence-electron chi connectivity index (χ3n) is 3.42. The van der Waals surface area contributed by atoms with E-state index >= 15 is 0 Å². The Morgan fingerprint density at radius 2 is 2.16 bits per heavy atom. The molecule has 0 bridgehead atoms. The van der Waals surface area contributed by atoms with Crippen molar-refractivity contribution in [2.45, 2.75) is 25.8 Å². The van der Waals surface area contributed by atoms with E-state index in [0.29, 0.717) is 11.6 Å². The number of nitro benzene ring substituents is 1. The number of rotatable bonds is 5. The van der Waals surface area contributed by atoms with Crippen molar-refractivity contribution in [2.75, 3.05) is 12.4 Å². The number of hydrogen-bond acceptors (Lipinski definition) is 4. The van der Waals surface area contributed by atoms with Crippen LogP contribution in [0.3, 0.4) is 0 Å². The average Bonchev–Trinajstić information content (AvgIpc) is 3.21. The van der Waals surface area contributed by atoms with Crippen LogP contribution in [0.25, 0.3) is 0 Å². The molecule has 0 heterocycles. The fraction of sp³-hybridized carbons (Fsp3) is 0.462. The Morgan fingerprint density at radius 1 is 1.47 bits per heavy atom. The van der Waals surface area contributed by atoms with E-state index in [0.717, 1.165) is 12.8 Å². The van der Waals surface area contributed by atoms with Crippen molar-refractivity contribution < 1.29 is 9.72 Å². The van der Waals surface area contributed by atoms with Crippen molar-refractivity contribution in [1.29, 1.82) is 0 Å². The van der Waals surface area contributed by atoms with Crippen LogP contribution in [0, 0.1) is 16.0 Å². The second-order valence-electron chi connectivity index (χ2n) is 4.81. The quantitative estimate of drug-likeness (QED) is 0.629. The van der Waals surface area contributed by atoms with E-state index in [9.17, 15) is 14.9 Å². The van der Waals surface area contributed by atoms with Crippen molar-refractivity contribution in [3.05, 3.63) is 33.9 Å². The van der Waals surface area contributed by atoms with E-state index in [-0.39, 0.29) is 23.2 Å². The highest BCUT2D eigenvalue weighted by molar-refractivity contribution is 6.00. The van der Waals surface area contributed by atoms with Gasteiger partial charge < -0.3 is 10.6 Å². The van der Waals surface area contributed by atoms with Gasteiger partial charge in [0.1, 0.15) is 11.3 Å². The number of carbonyl (C=O) groups is 1. The first-order valence-electron chi connectivity index (χ1n) is 6.30. The predicted molar refractivity (Wildman–Crippen MR) is 72.3 cm³/mol. The number of hydrogen-bond donors (Lipinski definition) is 2. The van der Waals surface area contributed by atoms with Crippen molar-refractivity contribution >= 4 is 17.3 Å². The van der Waals surface area contributed by atoms with Crippen LogP contribution in [-0.2, 0) is 0 Å². The summed E-state index contributed by atoms with van der Waals surface area (Å²) >= 11 is 0. The lowest BCUT2D eigenvalue weighted by Crippen LogP contribution is -2.34. The normalized spacial score (nSPS) is 15.7. The molecule has 102 valence electrons. The van der Waals surface area contributed by atoms with Crippen LogP contribution >= 0.6 is 0 Å². The maximum absolute atomic E-state index is 12.1. The molecule has 0 aliphatic heterocycles. The number of nitrogens with one attached hydrogen (secondary N) is 2. The first-order valence-corrected chi connectivity index (χ1v) is 6.30. The topological polar surface area (TPSA) is 84.3 Å².